The Balaban J connectivity index is 0.00000368. The standard InChI is InChI=1S/C29H33ClN10OS.ClH/c1-18-20(41)14-29(26(18)32)6-12-39(13-7-29)23-16-36-24(17-35-23)42-21-2-8-33-27(25(21)30)37-22-3-9-34-28(38-22)40-10-4-19(15-31)5-11-40;/h2-3,8-9,16-19,26H,4-7,10-14,32H2,1H3,(H,33,34,37,38);1H/t18-,26+;/m1./s1. The molecule has 3 fully saturated rings. The monoisotopic (exact) mass is 640 g/mol. The second-order valence-electron chi connectivity index (χ2n) is 11.4. The first kappa shape index (κ1) is 31.2. The summed E-state index contributed by atoms with van der Waals surface area (Å²) in [6.07, 6.45) is 10.9. The highest BCUT2D eigenvalue weighted by Crippen LogP contribution is 2.46. The topological polar surface area (TPSA) is 150 Å². The summed E-state index contributed by atoms with van der Waals surface area (Å²) in [5.74, 6) is 2.84. The Kier molecular flexibility index (Phi) is 9.56. The molecule has 2 atom stereocenters. The molecule has 2 saturated heterocycles. The van der Waals surface area contributed by atoms with Crippen LogP contribution in [-0.4, -0.2) is 62.9 Å². The SMILES string of the molecule is C[C@@H]1C(=O)CC2(CCN(c3cnc(Sc4ccnc(Nc5ccnc(N6CCC(C#N)CC6)n5)c4Cl)cn3)CC2)[C@H]1N.Cl. The number of hydrogen-bond acceptors (Lipinski definition) is 12. The van der Waals surface area contributed by atoms with Gasteiger partial charge in [-0.1, -0.05) is 30.3 Å². The third-order valence-electron chi connectivity index (χ3n) is 8.90. The number of halogens is 2. The summed E-state index contributed by atoms with van der Waals surface area (Å²) in [6, 6.07) is 5.90. The number of nitrogens with one attached hydrogen (secondary N) is 1. The number of Topliss-reactive ketones (excluding diaryl/α,β-unsaturated/α-hetero) is 1. The highest BCUT2D eigenvalue weighted by molar-refractivity contribution is 7.99. The quantitative estimate of drug-likeness (QED) is 0.377. The minimum atomic E-state index is -0.0807. The third-order valence-corrected chi connectivity index (χ3v) is 10.4. The molecule has 2 aliphatic heterocycles. The zero-order valence-corrected chi connectivity index (χ0v) is 26.2. The Labute approximate surface area is 266 Å². The zero-order chi connectivity index (χ0) is 29.3. The van der Waals surface area contributed by atoms with Crippen molar-refractivity contribution in [3.63, 3.8) is 0 Å². The Morgan fingerprint density at radius 3 is 2.47 bits per heavy atom. The summed E-state index contributed by atoms with van der Waals surface area (Å²) in [5.41, 5.74) is 6.38. The summed E-state index contributed by atoms with van der Waals surface area (Å²) in [6.45, 7) is 5.07. The molecule has 14 heteroatoms. The van der Waals surface area contributed by atoms with E-state index in [1.54, 1.807) is 30.9 Å². The van der Waals surface area contributed by atoms with Crippen LogP contribution in [0.3, 0.4) is 0 Å². The molecule has 1 saturated carbocycles. The molecule has 11 nitrogen and oxygen atoms in total. The maximum Gasteiger partial charge on any atom is 0.227 e. The summed E-state index contributed by atoms with van der Waals surface area (Å²) in [4.78, 5) is 40.2. The summed E-state index contributed by atoms with van der Waals surface area (Å²) in [5, 5.41) is 13.6. The van der Waals surface area contributed by atoms with E-state index >= 15 is 0 Å². The number of anilines is 4. The van der Waals surface area contributed by atoms with Gasteiger partial charge in [0.15, 0.2) is 5.82 Å². The van der Waals surface area contributed by atoms with Gasteiger partial charge in [0, 0.05) is 67.8 Å². The van der Waals surface area contributed by atoms with Crippen LogP contribution in [-0.2, 0) is 4.79 Å². The average Bonchev–Trinajstić information content (AvgIpc) is 3.23. The predicted octanol–water partition coefficient (Wildman–Crippen LogP) is 4.89. The predicted molar refractivity (Wildman–Crippen MR) is 169 cm³/mol. The van der Waals surface area contributed by atoms with E-state index in [1.165, 1.54) is 11.8 Å². The first-order chi connectivity index (χ1) is 20.3. The van der Waals surface area contributed by atoms with Gasteiger partial charge in [-0.15, -0.1) is 12.4 Å². The van der Waals surface area contributed by atoms with Crippen molar-refractivity contribution in [1.29, 1.82) is 5.26 Å². The van der Waals surface area contributed by atoms with E-state index in [4.69, 9.17) is 22.6 Å². The van der Waals surface area contributed by atoms with E-state index in [0.29, 0.717) is 39.8 Å². The molecule has 226 valence electrons. The second-order valence-corrected chi connectivity index (χ2v) is 12.8. The first-order valence-corrected chi connectivity index (χ1v) is 15.5. The Morgan fingerprint density at radius 2 is 1.81 bits per heavy atom. The van der Waals surface area contributed by atoms with Crippen molar-refractivity contribution in [3.05, 3.63) is 41.9 Å². The normalized spacial score (nSPS) is 21.9. The number of piperidine rings is 2. The summed E-state index contributed by atoms with van der Waals surface area (Å²) >= 11 is 8.17. The smallest absolute Gasteiger partial charge is 0.227 e. The lowest BCUT2D eigenvalue weighted by atomic mass is 9.73. The molecule has 0 aromatic carbocycles. The molecule has 0 radical (unpaired) electrons. The van der Waals surface area contributed by atoms with Gasteiger partial charge < -0.3 is 20.9 Å². The number of nitriles is 1. The lowest BCUT2D eigenvalue weighted by molar-refractivity contribution is -0.120. The maximum atomic E-state index is 12.3. The number of ketones is 1. The molecule has 0 amide bonds. The number of nitrogens with two attached hydrogens (primary N) is 1. The number of rotatable bonds is 6. The van der Waals surface area contributed by atoms with Crippen LogP contribution in [0.4, 0.5) is 23.4 Å². The van der Waals surface area contributed by atoms with Crippen LogP contribution in [0, 0.1) is 28.6 Å². The van der Waals surface area contributed by atoms with Crippen LogP contribution in [0.1, 0.15) is 39.0 Å². The van der Waals surface area contributed by atoms with Gasteiger partial charge in [0.1, 0.15) is 22.4 Å². The molecule has 43 heavy (non-hydrogen) atoms. The molecule has 1 spiro atoms. The van der Waals surface area contributed by atoms with Gasteiger partial charge in [0.05, 0.1) is 23.5 Å². The maximum absolute atomic E-state index is 12.3. The lowest BCUT2D eigenvalue weighted by Gasteiger charge is -2.42. The number of pyridine rings is 1. The highest BCUT2D eigenvalue weighted by atomic mass is 35.5. The molecule has 0 unspecified atom stereocenters. The van der Waals surface area contributed by atoms with Gasteiger partial charge >= 0.3 is 0 Å². The van der Waals surface area contributed by atoms with Crippen LogP contribution in [0.25, 0.3) is 0 Å². The number of carbonyl (C=O) groups excluding carboxylic acids is 1. The van der Waals surface area contributed by atoms with Crippen LogP contribution in [0.15, 0.2) is 46.8 Å². The summed E-state index contributed by atoms with van der Waals surface area (Å²) in [7, 11) is 0. The Hall–Kier alpha value is -3.24. The number of aromatic nitrogens is 5. The van der Waals surface area contributed by atoms with Crippen molar-refractivity contribution in [2.24, 2.45) is 23.0 Å². The third kappa shape index (κ3) is 6.50. The van der Waals surface area contributed by atoms with Gasteiger partial charge in [0.2, 0.25) is 5.95 Å². The van der Waals surface area contributed by atoms with E-state index < -0.39 is 0 Å². The van der Waals surface area contributed by atoms with E-state index in [9.17, 15) is 4.79 Å². The first-order valence-electron chi connectivity index (χ1n) is 14.3. The zero-order valence-electron chi connectivity index (χ0n) is 23.8. The molecule has 3 aromatic heterocycles. The molecule has 1 aliphatic carbocycles. The molecule has 3 aliphatic rings. The van der Waals surface area contributed by atoms with E-state index in [0.717, 1.165) is 62.6 Å². The highest BCUT2D eigenvalue weighted by Gasteiger charge is 2.50. The molecule has 3 aromatic rings. The van der Waals surface area contributed by atoms with Crippen molar-refractivity contribution in [2.75, 3.05) is 41.3 Å². The van der Waals surface area contributed by atoms with Crippen LogP contribution < -0.4 is 20.9 Å². The van der Waals surface area contributed by atoms with Crippen molar-refractivity contribution in [2.45, 2.75) is 55.0 Å². The van der Waals surface area contributed by atoms with Crippen molar-refractivity contribution in [3.8, 4) is 6.07 Å². The van der Waals surface area contributed by atoms with Gasteiger partial charge in [-0.25, -0.2) is 19.9 Å². The fourth-order valence-electron chi connectivity index (χ4n) is 6.18. The molecular weight excluding hydrogens is 607 g/mol. The van der Waals surface area contributed by atoms with Crippen molar-refractivity contribution >= 4 is 65.0 Å². The average molecular weight is 642 g/mol. The summed E-state index contributed by atoms with van der Waals surface area (Å²) < 4.78 is 0. The van der Waals surface area contributed by atoms with Crippen LogP contribution in [0.2, 0.25) is 5.02 Å². The number of carbonyl (C=O) groups is 1. The molecule has 0 bridgehead atoms. The molecule has 5 heterocycles. The molecular formula is C29H34Cl2N10OS. The van der Waals surface area contributed by atoms with Gasteiger partial charge in [-0.05, 0) is 43.2 Å². The molecule has 3 N–H and O–H groups in total. The second kappa shape index (κ2) is 13.2. The number of nitrogens with zero attached hydrogens (tertiary/aromatic N) is 8. The van der Waals surface area contributed by atoms with E-state index in [-0.39, 0.29) is 35.7 Å². The Bertz CT molecular complexity index is 1490. The Morgan fingerprint density at radius 1 is 1.07 bits per heavy atom. The minimum Gasteiger partial charge on any atom is -0.355 e. The molecule has 6 rings (SSSR count). The van der Waals surface area contributed by atoms with Gasteiger partial charge in [0.25, 0.3) is 0 Å². The van der Waals surface area contributed by atoms with Gasteiger partial charge in [-0.3, -0.25) is 4.79 Å². The van der Waals surface area contributed by atoms with Gasteiger partial charge in [-0.2, -0.15) is 10.2 Å². The largest absolute Gasteiger partial charge is 0.355 e. The number of hydrogen-bond donors (Lipinski definition) is 2. The fourth-order valence-corrected chi connectivity index (χ4v) is 7.20. The van der Waals surface area contributed by atoms with E-state index in [2.05, 4.69) is 46.1 Å². The fraction of sp³-hybridized carbons (Fsp3) is 0.483. The lowest BCUT2D eigenvalue weighted by Crippen LogP contribution is -2.48. The van der Waals surface area contributed by atoms with E-state index in [1.807, 2.05) is 13.0 Å². The van der Waals surface area contributed by atoms with Crippen LogP contribution in [0.5, 0.6) is 0 Å². The minimum absolute atomic E-state index is 0. The van der Waals surface area contributed by atoms with Crippen molar-refractivity contribution in [1.82, 2.24) is 24.9 Å². The van der Waals surface area contributed by atoms with Crippen molar-refractivity contribution < 1.29 is 4.79 Å². The van der Waals surface area contributed by atoms with Crippen LogP contribution >= 0.6 is 35.8 Å².